The maximum Gasteiger partial charge on any atom is 0.226 e. The first-order chi connectivity index (χ1) is 10.1. The minimum Gasteiger partial charge on any atom is -0.368 e. The maximum absolute atomic E-state index is 10.6. The van der Waals surface area contributed by atoms with Gasteiger partial charge in [0.15, 0.2) is 6.29 Å². The van der Waals surface area contributed by atoms with Crippen molar-refractivity contribution in [2.45, 2.75) is 0 Å². The third kappa shape index (κ3) is 3.63. The van der Waals surface area contributed by atoms with Crippen molar-refractivity contribution in [1.82, 2.24) is 15.0 Å². The summed E-state index contributed by atoms with van der Waals surface area (Å²) < 4.78 is 0. The van der Waals surface area contributed by atoms with E-state index in [2.05, 4.69) is 15.0 Å². The van der Waals surface area contributed by atoms with E-state index in [0.29, 0.717) is 0 Å². The SMILES string of the molecule is Nc1nc(N)nc(N)n1.O=Cc1cccc2ccccc12. The molecule has 106 valence electrons. The monoisotopic (exact) mass is 282 g/mol. The minimum absolute atomic E-state index is 0.0417. The first kappa shape index (κ1) is 14.2. The lowest BCUT2D eigenvalue weighted by Gasteiger charge is -1.98. The fourth-order valence-corrected chi connectivity index (χ4v) is 1.78. The van der Waals surface area contributed by atoms with Crippen molar-refractivity contribution in [1.29, 1.82) is 0 Å². The second-order valence-electron chi connectivity index (χ2n) is 4.10. The number of carbonyl (C=O) groups excluding carboxylic acids is 1. The molecule has 0 radical (unpaired) electrons. The number of fused-ring (bicyclic) bond motifs is 1. The topological polar surface area (TPSA) is 134 Å². The number of hydrogen-bond acceptors (Lipinski definition) is 7. The van der Waals surface area contributed by atoms with Crippen molar-refractivity contribution in [2.75, 3.05) is 17.2 Å². The van der Waals surface area contributed by atoms with Crippen molar-refractivity contribution in [3.63, 3.8) is 0 Å². The molecule has 1 heterocycles. The number of aldehydes is 1. The van der Waals surface area contributed by atoms with Crippen LogP contribution in [0.25, 0.3) is 10.8 Å². The molecule has 0 bridgehead atoms. The molecular weight excluding hydrogens is 268 g/mol. The van der Waals surface area contributed by atoms with Crippen LogP contribution >= 0.6 is 0 Å². The normalized spacial score (nSPS) is 9.71. The number of rotatable bonds is 1. The van der Waals surface area contributed by atoms with Crippen LogP contribution in [0.15, 0.2) is 42.5 Å². The molecule has 21 heavy (non-hydrogen) atoms. The van der Waals surface area contributed by atoms with E-state index in [0.717, 1.165) is 22.6 Å². The first-order valence-corrected chi connectivity index (χ1v) is 6.05. The predicted octanol–water partition coefficient (Wildman–Crippen LogP) is 1.27. The number of carbonyl (C=O) groups is 1. The van der Waals surface area contributed by atoms with Gasteiger partial charge in [-0.15, -0.1) is 0 Å². The van der Waals surface area contributed by atoms with Crippen molar-refractivity contribution < 1.29 is 4.79 Å². The molecule has 3 aromatic rings. The zero-order chi connectivity index (χ0) is 15.2. The molecule has 0 aliphatic heterocycles. The first-order valence-electron chi connectivity index (χ1n) is 6.05. The number of nitrogens with two attached hydrogens (primary N) is 3. The standard InChI is InChI=1S/C11H8O.C3H6N6/c12-8-10-6-3-5-9-4-1-2-7-11(9)10;4-1-7-2(5)9-3(6)8-1/h1-8H;(H6,4,5,6,7,8,9). The quantitative estimate of drug-likeness (QED) is 0.572. The van der Waals surface area contributed by atoms with E-state index in [1.807, 2.05) is 42.5 Å². The molecule has 2 aromatic carbocycles. The van der Waals surface area contributed by atoms with Gasteiger partial charge in [0.2, 0.25) is 17.8 Å². The highest BCUT2D eigenvalue weighted by atomic mass is 16.1. The third-order valence-corrected chi connectivity index (χ3v) is 2.64. The fraction of sp³-hybridized carbons (Fsp3) is 0. The Morgan fingerprint density at radius 1 is 0.762 bits per heavy atom. The van der Waals surface area contributed by atoms with Crippen LogP contribution in [0.2, 0.25) is 0 Å². The lowest BCUT2D eigenvalue weighted by molar-refractivity contribution is 0.112. The highest BCUT2D eigenvalue weighted by Crippen LogP contribution is 2.16. The van der Waals surface area contributed by atoms with Gasteiger partial charge in [-0.2, -0.15) is 15.0 Å². The van der Waals surface area contributed by atoms with Crippen LogP contribution in [-0.4, -0.2) is 21.2 Å². The van der Waals surface area contributed by atoms with Crippen molar-refractivity contribution >= 4 is 34.9 Å². The van der Waals surface area contributed by atoms with Crippen LogP contribution < -0.4 is 17.2 Å². The van der Waals surface area contributed by atoms with E-state index in [4.69, 9.17) is 17.2 Å². The second-order valence-corrected chi connectivity index (χ2v) is 4.10. The number of hydrogen-bond donors (Lipinski definition) is 3. The number of nitrogen functional groups attached to an aromatic ring is 3. The smallest absolute Gasteiger partial charge is 0.226 e. The van der Waals surface area contributed by atoms with E-state index in [-0.39, 0.29) is 17.8 Å². The summed E-state index contributed by atoms with van der Waals surface area (Å²) in [7, 11) is 0. The summed E-state index contributed by atoms with van der Waals surface area (Å²) in [5.74, 6) is 0.125. The van der Waals surface area contributed by atoms with Gasteiger partial charge in [0.05, 0.1) is 0 Å². The summed E-state index contributed by atoms with van der Waals surface area (Å²) in [5, 5.41) is 2.14. The zero-order valence-electron chi connectivity index (χ0n) is 11.1. The van der Waals surface area contributed by atoms with Crippen LogP contribution in [0.3, 0.4) is 0 Å². The van der Waals surface area contributed by atoms with Gasteiger partial charge in [-0.05, 0) is 10.8 Å². The van der Waals surface area contributed by atoms with Gasteiger partial charge in [-0.1, -0.05) is 42.5 Å². The Hall–Kier alpha value is -3.22. The number of benzene rings is 2. The Labute approximate surface area is 120 Å². The van der Waals surface area contributed by atoms with E-state index in [9.17, 15) is 4.79 Å². The van der Waals surface area contributed by atoms with Crippen molar-refractivity contribution in [3.8, 4) is 0 Å². The summed E-state index contributed by atoms with van der Waals surface area (Å²) in [5.41, 5.74) is 16.2. The molecule has 0 aliphatic rings. The van der Waals surface area contributed by atoms with Gasteiger partial charge >= 0.3 is 0 Å². The average molecular weight is 282 g/mol. The molecule has 1 aromatic heterocycles. The van der Waals surface area contributed by atoms with Crippen LogP contribution in [0, 0.1) is 0 Å². The lowest BCUT2D eigenvalue weighted by atomic mass is 10.1. The third-order valence-electron chi connectivity index (χ3n) is 2.64. The Morgan fingerprint density at radius 3 is 1.86 bits per heavy atom. The van der Waals surface area contributed by atoms with Crippen LogP contribution in [0.4, 0.5) is 17.8 Å². The van der Waals surface area contributed by atoms with E-state index in [1.165, 1.54) is 0 Å². The molecule has 0 unspecified atom stereocenters. The Kier molecular flexibility index (Phi) is 4.25. The zero-order valence-corrected chi connectivity index (χ0v) is 11.1. The number of anilines is 3. The van der Waals surface area contributed by atoms with Gasteiger partial charge in [0, 0.05) is 5.56 Å². The fourth-order valence-electron chi connectivity index (χ4n) is 1.78. The molecule has 7 nitrogen and oxygen atoms in total. The lowest BCUT2D eigenvalue weighted by Crippen LogP contribution is -2.05. The van der Waals surface area contributed by atoms with Crippen LogP contribution in [-0.2, 0) is 0 Å². The summed E-state index contributed by atoms with van der Waals surface area (Å²) in [6.07, 6.45) is 0.891. The Bertz CT molecular complexity index is 719. The summed E-state index contributed by atoms with van der Waals surface area (Å²) in [6, 6.07) is 13.6. The highest BCUT2D eigenvalue weighted by Gasteiger charge is 1.96. The molecule has 0 fully saturated rings. The Balaban J connectivity index is 0.000000161. The van der Waals surface area contributed by atoms with Gasteiger partial charge in [0.1, 0.15) is 0 Å². The molecular formula is C14H14N6O. The van der Waals surface area contributed by atoms with Crippen molar-refractivity contribution in [2.24, 2.45) is 0 Å². The minimum atomic E-state index is 0.0417. The van der Waals surface area contributed by atoms with Gasteiger partial charge in [0.25, 0.3) is 0 Å². The molecule has 0 amide bonds. The molecule has 0 atom stereocenters. The maximum atomic E-state index is 10.6. The molecule has 0 spiro atoms. The molecule has 3 rings (SSSR count). The molecule has 0 aliphatic carbocycles. The number of nitrogens with zero attached hydrogens (tertiary/aromatic N) is 3. The predicted molar refractivity (Wildman–Crippen MR) is 82.4 cm³/mol. The average Bonchev–Trinajstić information content (AvgIpc) is 2.46. The van der Waals surface area contributed by atoms with E-state index >= 15 is 0 Å². The largest absolute Gasteiger partial charge is 0.368 e. The van der Waals surface area contributed by atoms with Crippen LogP contribution in [0.1, 0.15) is 10.4 Å². The van der Waals surface area contributed by atoms with E-state index in [1.54, 1.807) is 0 Å². The summed E-state index contributed by atoms with van der Waals surface area (Å²) in [4.78, 5) is 21.1. The molecule has 0 saturated carbocycles. The molecule has 7 heteroatoms. The second kappa shape index (κ2) is 6.29. The summed E-state index contributed by atoms with van der Waals surface area (Å²) >= 11 is 0. The van der Waals surface area contributed by atoms with Gasteiger partial charge in [-0.3, -0.25) is 4.79 Å². The molecule has 0 saturated heterocycles. The summed E-state index contributed by atoms with van der Waals surface area (Å²) in [6.45, 7) is 0. The number of aromatic nitrogens is 3. The van der Waals surface area contributed by atoms with Crippen molar-refractivity contribution in [3.05, 3.63) is 48.0 Å². The highest BCUT2D eigenvalue weighted by molar-refractivity contribution is 5.97. The van der Waals surface area contributed by atoms with Gasteiger partial charge in [-0.25, -0.2) is 0 Å². The molecule has 6 N–H and O–H groups in total. The van der Waals surface area contributed by atoms with Gasteiger partial charge < -0.3 is 17.2 Å². The Morgan fingerprint density at radius 2 is 1.29 bits per heavy atom. The van der Waals surface area contributed by atoms with E-state index < -0.39 is 0 Å². The van der Waals surface area contributed by atoms with Crippen LogP contribution in [0.5, 0.6) is 0 Å².